The zero-order valence-corrected chi connectivity index (χ0v) is 14.4. The van der Waals surface area contributed by atoms with Crippen LogP contribution in [0.15, 0.2) is 60.0 Å². The summed E-state index contributed by atoms with van der Waals surface area (Å²) in [6.07, 6.45) is -0.185. The molecule has 24 heavy (non-hydrogen) atoms. The van der Waals surface area contributed by atoms with Crippen molar-refractivity contribution in [2.75, 3.05) is 10.2 Å². The quantitative estimate of drug-likeness (QED) is 0.704. The number of hydrogen-bond acceptors (Lipinski definition) is 3. The Morgan fingerprint density at radius 1 is 1.00 bits per heavy atom. The number of carbonyl (C=O) groups excluding carboxylic acids is 1. The predicted molar refractivity (Wildman–Crippen MR) is 99.9 cm³/mol. The number of amides is 1. The fraction of sp³-hybridized carbons (Fsp3) is 0.150. The van der Waals surface area contributed by atoms with Gasteiger partial charge in [-0.3, -0.25) is 9.69 Å². The van der Waals surface area contributed by atoms with Gasteiger partial charge in [0, 0.05) is 11.4 Å². The van der Waals surface area contributed by atoms with Crippen molar-refractivity contribution in [2.45, 2.75) is 20.0 Å². The first-order chi connectivity index (χ1) is 11.6. The number of anilines is 2. The number of carbonyl (C=O) groups is 1. The fourth-order valence-electron chi connectivity index (χ4n) is 3.07. The summed E-state index contributed by atoms with van der Waals surface area (Å²) in [7, 11) is 0. The Kier molecular flexibility index (Phi) is 3.62. The van der Waals surface area contributed by atoms with E-state index in [0.717, 1.165) is 11.4 Å². The summed E-state index contributed by atoms with van der Waals surface area (Å²) in [5.41, 5.74) is 4.89. The van der Waals surface area contributed by atoms with Crippen LogP contribution in [0.2, 0.25) is 0 Å². The van der Waals surface area contributed by atoms with Gasteiger partial charge in [-0.2, -0.15) is 0 Å². The molecule has 1 aromatic heterocycles. The highest BCUT2D eigenvalue weighted by molar-refractivity contribution is 7.10. The van der Waals surface area contributed by atoms with Crippen LogP contribution in [0.25, 0.3) is 0 Å². The smallest absolute Gasteiger partial charge is 0.262 e. The van der Waals surface area contributed by atoms with E-state index in [-0.39, 0.29) is 12.1 Å². The van der Waals surface area contributed by atoms with Crippen LogP contribution in [0.1, 0.15) is 32.5 Å². The van der Waals surface area contributed by atoms with Crippen molar-refractivity contribution < 1.29 is 4.79 Å². The first-order valence-electron chi connectivity index (χ1n) is 7.95. The van der Waals surface area contributed by atoms with Crippen LogP contribution < -0.4 is 10.2 Å². The second-order valence-electron chi connectivity index (χ2n) is 6.07. The lowest BCUT2D eigenvalue weighted by Gasteiger charge is -2.37. The van der Waals surface area contributed by atoms with Crippen molar-refractivity contribution >= 4 is 28.6 Å². The average Bonchev–Trinajstić information content (AvgIpc) is 3.02. The van der Waals surface area contributed by atoms with Crippen molar-refractivity contribution in [3.63, 3.8) is 0 Å². The van der Waals surface area contributed by atoms with E-state index < -0.39 is 0 Å². The molecule has 1 amide bonds. The third kappa shape index (κ3) is 2.39. The highest BCUT2D eigenvalue weighted by atomic mass is 32.1. The molecule has 0 radical (unpaired) electrons. The van der Waals surface area contributed by atoms with E-state index >= 15 is 0 Å². The van der Waals surface area contributed by atoms with Gasteiger partial charge in [0.1, 0.15) is 6.17 Å². The molecule has 1 aliphatic rings. The molecule has 1 aliphatic heterocycles. The van der Waals surface area contributed by atoms with Crippen molar-refractivity contribution in [1.82, 2.24) is 0 Å². The van der Waals surface area contributed by atoms with Crippen molar-refractivity contribution in [3.05, 3.63) is 81.5 Å². The van der Waals surface area contributed by atoms with E-state index in [1.54, 1.807) is 11.3 Å². The van der Waals surface area contributed by atoms with Gasteiger partial charge in [-0.15, -0.1) is 11.3 Å². The molecule has 0 saturated carbocycles. The summed E-state index contributed by atoms with van der Waals surface area (Å²) in [5.74, 6) is 0.0333. The second-order valence-corrected chi connectivity index (χ2v) is 7.02. The molecule has 0 fully saturated rings. The van der Waals surface area contributed by atoms with Crippen LogP contribution >= 0.6 is 11.3 Å². The van der Waals surface area contributed by atoms with Gasteiger partial charge in [0.05, 0.1) is 10.4 Å². The van der Waals surface area contributed by atoms with E-state index in [2.05, 4.69) is 30.6 Å². The topological polar surface area (TPSA) is 32.3 Å². The van der Waals surface area contributed by atoms with E-state index in [0.29, 0.717) is 5.56 Å². The normalized spacial score (nSPS) is 16.7. The minimum absolute atomic E-state index is 0.0333. The molecule has 0 saturated heterocycles. The minimum Gasteiger partial charge on any atom is -0.360 e. The molecule has 0 spiro atoms. The first kappa shape index (κ1) is 15.0. The molecule has 3 nitrogen and oxygen atoms in total. The molecule has 1 N–H and O–H groups in total. The number of nitrogens with one attached hydrogen (secondary N) is 1. The van der Waals surface area contributed by atoms with Crippen LogP contribution in [-0.4, -0.2) is 5.91 Å². The SMILES string of the molecule is Cc1ccc(N2C(=O)c3ccccc3NC2c2sccc2C)cc1. The zero-order valence-electron chi connectivity index (χ0n) is 13.6. The molecule has 0 aliphatic carbocycles. The van der Waals surface area contributed by atoms with Gasteiger partial charge in [-0.25, -0.2) is 0 Å². The summed E-state index contributed by atoms with van der Waals surface area (Å²) in [4.78, 5) is 16.2. The van der Waals surface area contributed by atoms with Gasteiger partial charge in [0.15, 0.2) is 0 Å². The third-order valence-electron chi connectivity index (χ3n) is 4.39. The van der Waals surface area contributed by atoms with E-state index in [1.807, 2.05) is 53.4 Å². The van der Waals surface area contributed by atoms with Gasteiger partial charge in [0.2, 0.25) is 0 Å². The highest BCUT2D eigenvalue weighted by Crippen LogP contribution is 2.39. The number of thiophene rings is 1. The Bertz CT molecular complexity index is 898. The largest absolute Gasteiger partial charge is 0.360 e. The molecule has 3 aromatic rings. The van der Waals surface area contributed by atoms with Gasteiger partial charge < -0.3 is 5.32 Å². The van der Waals surface area contributed by atoms with Gasteiger partial charge in [-0.05, 0) is 55.1 Å². The van der Waals surface area contributed by atoms with E-state index in [9.17, 15) is 4.79 Å². The van der Waals surface area contributed by atoms with Crippen LogP contribution in [-0.2, 0) is 0 Å². The van der Waals surface area contributed by atoms with Crippen LogP contribution in [0.4, 0.5) is 11.4 Å². The number of hydrogen-bond donors (Lipinski definition) is 1. The Balaban J connectivity index is 1.87. The van der Waals surface area contributed by atoms with Crippen LogP contribution in [0, 0.1) is 13.8 Å². The van der Waals surface area contributed by atoms with Gasteiger partial charge in [0.25, 0.3) is 5.91 Å². The average molecular weight is 334 g/mol. The standard InChI is InChI=1S/C20H18N2OS/c1-13-7-9-15(10-8-13)22-19(18-14(2)11-12-24-18)21-17-6-4-3-5-16(17)20(22)23/h3-12,19,21H,1-2H3. The van der Waals surface area contributed by atoms with Crippen molar-refractivity contribution in [3.8, 4) is 0 Å². The molecular weight excluding hydrogens is 316 g/mol. The molecule has 2 heterocycles. The maximum Gasteiger partial charge on any atom is 0.262 e. The molecule has 120 valence electrons. The molecule has 0 bridgehead atoms. The van der Waals surface area contributed by atoms with E-state index in [1.165, 1.54) is 16.0 Å². The lowest BCUT2D eigenvalue weighted by molar-refractivity contribution is 0.0975. The second kappa shape index (κ2) is 5.80. The monoisotopic (exact) mass is 334 g/mol. The van der Waals surface area contributed by atoms with Crippen LogP contribution in [0.3, 0.4) is 0 Å². The van der Waals surface area contributed by atoms with E-state index in [4.69, 9.17) is 0 Å². The molecule has 4 rings (SSSR count). The Labute approximate surface area is 145 Å². The number of rotatable bonds is 2. The Morgan fingerprint density at radius 3 is 2.46 bits per heavy atom. The molecular formula is C20H18N2OS. The number of benzene rings is 2. The summed E-state index contributed by atoms with van der Waals surface area (Å²) in [6, 6.07) is 17.9. The summed E-state index contributed by atoms with van der Waals surface area (Å²) in [6.45, 7) is 4.14. The molecule has 1 unspecified atom stereocenters. The molecule has 1 atom stereocenters. The number of aryl methyl sites for hydroxylation is 2. The number of nitrogens with zero attached hydrogens (tertiary/aromatic N) is 1. The third-order valence-corrected chi connectivity index (χ3v) is 5.46. The molecule has 4 heteroatoms. The zero-order chi connectivity index (χ0) is 16.7. The van der Waals surface area contributed by atoms with Crippen LogP contribution in [0.5, 0.6) is 0 Å². The Hall–Kier alpha value is -2.59. The maximum atomic E-state index is 13.2. The lowest BCUT2D eigenvalue weighted by Crippen LogP contribution is -2.43. The number of para-hydroxylation sites is 1. The lowest BCUT2D eigenvalue weighted by atomic mass is 10.0. The fourth-order valence-corrected chi connectivity index (χ4v) is 4.04. The first-order valence-corrected chi connectivity index (χ1v) is 8.83. The summed E-state index contributed by atoms with van der Waals surface area (Å²) < 4.78 is 0. The van der Waals surface area contributed by atoms with Crippen molar-refractivity contribution in [2.24, 2.45) is 0 Å². The summed E-state index contributed by atoms with van der Waals surface area (Å²) >= 11 is 1.68. The summed E-state index contributed by atoms with van der Waals surface area (Å²) in [5, 5.41) is 5.62. The van der Waals surface area contributed by atoms with Gasteiger partial charge in [-0.1, -0.05) is 29.8 Å². The predicted octanol–water partition coefficient (Wildman–Crippen LogP) is 5.14. The number of fused-ring (bicyclic) bond motifs is 1. The maximum absolute atomic E-state index is 13.2. The molecule has 2 aromatic carbocycles. The van der Waals surface area contributed by atoms with Crippen molar-refractivity contribution in [1.29, 1.82) is 0 Å². The minimum atomic E-state index is -0.185. The Morgan fingerprint density at radius 2 is 1.75 bits per heavy atom. The highest BCUT2D eigenvalue weighted by Gasteiger charge is 2.35. The van der Waals surface area contributed by atoms with Gasteiger partial charge >= 0.3 is 0 Å².